The first-order chi connectivity index (χ1) is 13.3. The first kappa shape index (κ1) is 21.5. The minimum Gasteiger partial charge on any atom is -0.493 e. The Morgan fingerprint density at radius 2 is 1.71 bits per heavy atom. The van der Waals surface area contributed by atoms with E-state index in [0.717, 1.165) is 17.7 Å². The monoisotopic (exact) mass is 391 g/mol. The Kier molecular flexibility index (Phi) is 7.20. The van der Waals surface area contributed by atoms with Crippen molar-refractivity contribution in [3.05, 3.63) is 59.2 Å². The van der Waals surface area contributed by atoms with Gasteiger partial charge in [-0.2, -0.15) is 0 Å². The Balaban J connectivity index is 2.02. The Labute approximate surface area is 164 Å². The zero-order chi connectivity index (χ0) is 20.7. The molecule has 0 saturated carbocycles. The second-order valence-electron chi connectivity index (χ2n) is 6.97. The highest BCUT2D eigenvalue weighted by atomic mass is 19.1. The van der Waals surface area contributed by atoms with Crippen LogP contribution in [-0.2, 0) is 12.0 Å². The van der Waals surface area contributed by atoms with Gasteiger partial charge in [0.15, 0.2) is 17.5 Å². The fourth-order valence-electron chi connectivity index (χ4n) is 2.74. The molecule has 0 atom stereocenters. The molecule has 0 aliphatic rings. The van der Waals surface area contributed by atoms with Crippen LogP contribution in [0.5, 0.6) is 11.5 Å². The summed E-state index contributed by atoms with van der Waals surface area (Å²) in [7, 11) is 4.83. The van der Waals surface area contributed by atoms with Gasteiger partial charge in [0.1, 0.15) is 11.6 Å². The maximum Gasteiger partial charge on any atom is 0.191 e. The molecule has 0 aliphatic heterocycles. The van der Waals surface area contributed by atoms with Crippen LogP contribution < -0.4 is 20.1 Å². The van der Waals surface area contributed by atoms with Gasteiger partial charge in [0, 0.05) is 31.1 Å². The topological polar surface area (TPSA) is 54.9 Å². The van der Waals surface area contributed by atoms with Crippen molar-refractivity contribution in [1.82, 2.24) is 10.6 Å². The molecule has 0 bridgehead atoms. The number of rotatable bonds is 7. The molecule has 5 nitrogen and oxygen atoms in total. The summed E-state index contributed by atoms with van der Waals surface area (Å²) in [4.78, 5) is 4.15. The summed E-state index contributed by atoms with van der Waals surface area (Å²) in [6.45, 7) is 4.86. The number of benzene rings is 2. The Hall–Kier alpha value is -2.83. The lowest BCUT2D eigenvalue weighted by Crippen LogP contribution is -2.43. The molecule has 2 aromatic carbocycles. The zero-order valence-corrected chi connectivity index (χ0v) is 16.9. The number of nitrogens with zero attached hydrogens (tertiary/aromatic N) is 1. The van der Waals surface area contributed by atoms with Crippen LogP contribution in [0, 0.1) is 11.6 Å². The molecule has 0 unspecified atom stereocenters. The van der Waals surface area contributed by atoms with Gasteiger partial charge in [0.25, 0.3) is 0 Å². The van der Waals surface area contributed by atoms with Gasteiger partial charge in [-0.15, -0.1) is 0 Å². The summed E-state index contributed by atoms with van der Waals surface area (Å²) in [6, 6.07) is 9.18. The number of aliphatic imine (C=N–C) groups is 1. The van der Waals surface area contributed by atoms with Crippen LogP contribution in [0.15, 0.2) is 41.4 Å². The smallest absolute Gasteiger partial charge is 0.191 e. The lowest BCUT2D eigenvalue weighted by molar-refractivity contribution is 0.353. The average molecular weight is 391 g/mol. The van der Waals surface area contributed by atoms with E-state index in [1.807, 2.05) is 18.2 Å². The summed E-state index contributed by atoms with van der Waals surface area (Å²) in [5.74, 6) is 0.893. The summed E-state index contributed by atoms with van der Waals surface area (Å²) in [5, 5.41) is 6.24. The molecule has 28 heavy (non-hydrogen) atoms. The second-order valence-corrected chi connectivity index (χ2v) is 6.97. The first-order valence-electron chi connectivity index (χ1n) is 8.91. The summed E-state index contributed by atoms with van der Waals surface area (Å²) >= 11 is 0. The van der Waals surface area contributed by atoms with Crippen LogP contribution in [0.25, 0.3) is 0 Å². The van der Waals surface area contributed by atoms with Crippen LogP contribution in [0.1, 0.15) is 25.0 Å². The largest absolute Gasteiger partial charge is 0.493 e. The van der Waals surface area contributed by atoms with Gasteiger partial charge < -0.3 is 20.1 Å². The normalized spacial score (nSPS) is 11.9. The number of nitrogens with one attached hydrogen (secondary N) is 2. The third-order valence-corrected chi connectivity index (χ3v) is 4.54. The van der Waals surface area contributed by atoms with E-state index in [1.165, 1.54) is 6.07 Å². The molecule has 0 fully saturated rings. The van der Waals surface area contributed by atoms with Crippen molar-refractivity contribution >= 4 is 5.96 Å². The molecule has 2 aromatic rings. The van der Waals surface area contributed by atoms with Crippen LogP contribution in [0.2, 0.25) is 0 Å². The highest BCUT2D eigenvalue weighted by Gasteiger charge is 2.22. The van der Waals surface area contributed by atoms with E-state index < -0.39 is 11.6 Å². The van der Waals surface area contributed by atoms with Crippen LogP contribution >= 0.6 is 0 Å². The SMILES string of the molecule is CN=C(NCc1cc(F)ccc1F)NCC(C)(C)c1ccc(OC)c(OC)c1. The number of ether oxygens (including phenoxy) is 2. The van der Waals surface area contributed by atoms with Crippen molar-refractivity contribution < 1.29 is 18.3 Å². The molecule has 2 N–H and O–H groups in total. The number of hydrogen-bond acceptors (Lipinski definition) is 3. The van der Waals surface area contributed by atoms with Crippen molar-refractivity contribution in [2.75, 3.05) is 27.8 Å². The first-order valence-corrected chi connectivity index (χ1v) is 8.91. The molecule has 7 heteroatoms. The van der Waals surface area contributed by atoms with Gasteiger partial charge in [-0.1, -0.05) is 19.9 Å². The van der Waals surface area contributed by atoms with E-state index in [9.17, 15) is 8.78 Å². The van der Waals surface area contributed by atoms with E-state index in [-0.39, 0.29) is 17.5 Å². The molecule has 2 rings (SSSR count). The van der Waals surface area contributed by atoms with Crippen molar-refractivity contribution in [3.8, 4) is 11.5 Å². The Morgan fingerprint density at radius 1 is 1.00 bits per heavy atom. The molecule has 0 heterocycles. The molecule has 0 aliphatic carbocycles. The van der Waals surface area contributed by atoms with E-state index in [4.69, 9.17) is 9.47 Å². The van der Waals surface area contributed by atoms with Gasteiger partial charge >= 0.3 is 0 Å². The third kappa shape index (κ3) is 5.34. The minimum atomic E-state index is -0.476. The second kappa shape index (κ2) is 9.39. The summed E-state index contributed by atoms with van der Waals surface area (Å²) in [5.41, 5.74) is 1.05. The molecule has 0 amide bonds. The lowest BCUT2D eigenvalue weighted by Gasteiger charge is -2.27. The van der Waals surface area contributed by atoms with E-state index in [2.05, 4.69) is 29.5 Å². The van der Waals surface area contributed by atoms with Crippen molar-refractivity contribution in [2.45, 2.75) is 25.8 Å². The zero-order valence-electron chi connectivity index (χ0n) is 16.9. The standard InChI is InChI=1S/C21H27F2N3O2/c1-21(2,15-6-9-18(27-4)19(11-15)28-5)13-26-20(24-3)25-12-14-10-16(22)7-8-17(14)23/h6-11H,12-13H2,1-5H3,(H2,24,25,26). The number of halogens is 2. The fraction of sp³-hybridized carbons (Fsp3) is 0.381. The predicted molar refractivity (Wildman–Crippen MR) is 107 cm³/mol. The van der Waals surface area contributed by atoms with Crippen molar-refractivity contribution in [1.29, 1.82) is 0 Å². The van der Waals surface area contributed by atoms with Gasteiger partial charge in [-0.05, 0) is 35.9 Å². The van der Waals surface area contributed by atoms with E-state index >= 15 is 0 Å². The molecular formula is C21H27F2N3O2. The van der Waals surface area contributed by atoms with E-state index in [0.29, 0.717) is 24.0 Å². The van der Waals surface area contributed by atoms with Crippen molar-refractivity contribution in [2.24, 2.45) is 4.99 Å². The molecule has 0 radical (unpaired) electrons. The third-order valence-electron chi connectivity index (χ3n) is 4.54. The van der Waals surface area contributed by atoms with Crippen LogP contribution in [0.4, 0.5) is 8.78 Å². The molecule has 152 valence electrons. The van der Waals surface area contributed by atoms with Gasteiger partial charge in [-0.25, -0.2) is 8.78 Å². The molecular weight excluding hydrogens is 364 g/mol. The molecule has 0 aromatic heterocycles. The van der Waals surface area contributed by atoms with Crippen LogP contribution in [-0.4, -0.2) is 33.8 Å². The highest BCUT2D eigenvalue weighted by Crippen LogP contribution is 2.32. The maximum absolute atomic E-state index is 13.8. The van der Waals surface area contributed by atoms with Gasteiger partial charge in [0.05, 0.1) is 14.2 Å². The maximum atomic E-state index is 13.8. The number of guanidine groups is 1. The van der Waals surface area contributed by atoms with Gasteiger partial charge in [0.2, 0.25) is 0 Å². The van der Waals surface area contributed by atoms with Gasteiger partial charge in [-0.3, -0.25) is 4.99 Å². The molecule has 0 spiro atoms. The summed E-state index contributed by atoms with van der Waals surface area (Å²) < 4.78 is 37.7. The average Bonchev–Trinajstić information content (AvgIpc) is 2.69. The fourth-order valence-corrected chi connectivity index (χ4v) is 2.74. The highest BCUT2D eigenvalue weighted by molar-refractivity contribution is 5.79. The minimum absolute atomic E-state index is 0.125. The number of hydrogen-bond donors (Lipinski definition) is 2. The van der Waals surface area contributed by atoms with Crippen LogP contribution in [0.3, 0.4) is 0 Å². The van der Waals surface area contributed by atoms with Crippen molar-refractivity contribution in [3.63, 3.8) is 0 Å². The Morgan fingerprint density at radius 3 is 2.36 bits per heavy atom. The van der Waals surface area contributed by atoms with E-state index in [1.54, 1.807) is 21.3 Å². The Bertz CT molecular complexity index is 838. The predicted octanol–water partition coefficient (Wildman–Crippen LogP) is 3.62. The number of methoxy groups -OCH3 is 2. The summed E-state index contributed by atoms with van der Waals surface area (Å²) in [6.07, 6.45) is 0. The molecule has 0 saturated heterocycles. The lowest BCUT2D eigenvalue weighted by atomic mass is 9.84. The quantitative estimate of drug-likeness (QED) is 0.559.